The second kappa shape index (κ2) is 12.8. The van der Waals surface area contributed by atoms with Gasteiger partial charge in [-0.15, -0.1) is 23.5 Å². The fourth-order valence-electron chi connectivity index (χ4n) is 3.19. The van der Waals surface area contributed by atoms with Crippen LogP contribution in [0.3, 0.4) is 0 Å². The third-order valence-electron chi connectivity index (χ3n) is 4.90. The van der Waals surface area contributed by atoms with Gasteiger partial charge in [0.2, 0.25) is 0 Å². The highest BCUT2D eigenvalue weighted by atomic mass is 35.5. The van der Waals surface area contributed by atoms with E-state index in [4.69, 9.17) is 44.3 Å². The average Bonchev–Trinajstić information content (AvgIpc) is 3.39. The van der Waals surface area contributed by atoms with Gasteiger partial charge in [-0.05, 0) is 41.5 Å². The van der Waals surface area contributed by atoms with Crippen LogP contribution in [0, 0.1) is 0 Å². The van der Waals surface area contributed by atoms with E-state index in [-0.39, 0.29) is 19.1 Å². The normalized spacial score (nSPS) is 13.8. The van der Waals surface area contributed by atoms with Crippen molar-refractivity contribution in [1.82, 2.24) is 5.43 Å². The van der Waals surface area contributed by atoms with E-state index in [1.807, 2.05) is 66.0 Å². The van der Waals surface area contributed by atoms with Crippen molar-refractivity contribution in [3.63, 3.8) is 0 Å². The number of carbonyl (C=O) groups excluding carboxylic acids is 1. The Morgan fingerprint density at radius 2 is 1.66 bits per heavy atom. The highest BCUT2D eigenvalue weighted by Crippen LogP contribution is 2.45. The maximum absolute atomic E-state index is 12.1. The molecule has 0 saturated carbocycles. The summed E-state index contributed by atoms with van der Waals surface area (Å²) >= 11 is 22.7. The first-order valence-electron chi connectivity index (χ1n) is 10.6. The molecule has 0 bridgehead atoms. The van der Waals surface area contributed by atoms with E-state index in [0.717, 1.165) is 5.56 Å². The monoisotopic (exact) mass is 566 g/mol. The zero-order valence-electron chi connectivity index (χ0n) is 18.4. The summed E-state index contributed by atoms with van der Waals surface area (Å²) in [5, 5.41) is 5.19. The van der Waals surface area contributed by atoms with Gasteiger partial charge in [0, 0.05) is 22.1 Å². The Hall–Kier alpha value is -2.03. The molecule has 0 unspecified atom stereocenters. The van der Waals surface area contributed by atoms with Crippen LogP contribution in [-0.4, -0.2) is 30.2 Å². The van der Waals surface area contributed by atoms with Crippen molar-refractivity contribution in [2.75, 3.05) is 18.1 Å². The fourth-order valence-corrected chi connectivity index (χ4v) is 6.85. The second-order valence-corrected chi connectivity index (χ2v) is 11.4. The Morgan fingerprint density at radius 1 is 0.971 bits per heavy atom. The van der Waals surface area contributed by atoms with Gasteiger partial charge in [0.15, 0.2) is 12.4 Å². The largest absolute Gasteiger partial charge is 0.486 e. The number of carbonyl (C=O) groups is 1. The lowest BCUT2D eigenvalue weighted by Gasteiger charge is -2.11. The zero-order valence-corrected chi connectivity index (χ0v) is 22.3. The SMILES string of the molecule is O=C(COc1ccc(C2SCCS2)cc1)N/N=C\c1cc(Cl)c(OCc2ccccc2Cl)c(Cl)c1. The van der Waals surface area contributed by atoms with Crippen LogP contribution in [0.25, 0.3) is 0 Å². The molecule has 5 nitrogen and oxygen atoms in total. The molecule has 1 saturated heterocycles. The van der Waals surface area contributed by atoms with E-state index in [1.54, 1.807) is 18.2 Å². The first kappa shape index (κ1) is 26.0. The molecule has 182 valence electrons. The number of rotatable bonds is 9. The van der Waals surface area contributed by atoms with E-state index in [9.17, 15) is 4.79 Å². The van der Waals surface area contributed by atoms with Gasteiger partial charge in [-0.25, -0.2) is 5.43 Å². The van der Waals surface area contributed by atoms with Crippen LogP contribution in [0.15, 0.2) is 65.8 Å². The summed E-state index contributed by atoms with van der Waals surface area (Å²) in [4.78, 5) is 12.1. The first-order chi connectivity index (χ1) is 17.0. The van der Waals surface area contributed by atoms with Crippen molar-refractivity contribution >= 4 is 70.4 Å². The molecule has 1 aliphatic rings. The summed E-state index contributed by atoms with van der Waals surface area (Å²) in [6, 6.07) is 18.5. The molecule has 1 N–H and O–H groups in total. The quantitative estimate of drug-likeness (QED) is 0.218. The third-order valence-corrected chi connectivity index (χ3v) is 8.93. The van der Waals surface area contributed by atoms with Crippen molar-refractivity contribution < 1.29 is 14.3 Å². The molecule has 35 heavy (non-hydrogen) atoms. The van der Waals surface area contributed by atoms with Gasteiger partial charge in [0.1, 0.15) is 12.4 Å². The number of amides is 1. The number of benzene rings is 3. The second-order valence-electron chi connectivity index (χ2n) is 7.42. The molecular formula is C25H21Cl3N2O3S2. The van der Waals surface area contributed by atoms with Crippen LogP contribution in [-0.2, 0) is 11.4 Å². The lowest BCUT2D eigenvalue weighted by molar-refractivity contribution is -0.123. The molecule has 0 aliphatic carbocycles. The minimum absolute atomic E-state index is 0.153. The van der Waals surface area contributed by atoms with E-state index in [2.05, 4.69) is 10.5 Å². The van der Waals surface area contributed by atoms with Gasteiger partial charge >= 0.3 is 0 Å². The average molecular weight is 568 g/mol. The molecule has 0 aromatic heterocycles. The molecule has 3 aromatic rings. The summed E-state index contributed by atoms with van der Waals surface area (Å²) in [6.45, 7) is 0.0732. The Balaban J connectivity index is 1.26. The first-order valence-corrected chi connectivity index (χ1v) is 13.9. The Labute approximate surface area is 227 Å². The number of hydrogen-bond acceptors (Lipinski definition) is 6. The van der Waals surface area contributed by atoms with E-state index < -0.39 is 0 Å². The number of nitrogens with one attached hydrogen (secondary N) is 1. The van der Waals surface area contributed by atoms with Gasteiger partial charge < -0.3 is 9.47 Å². The molecule has 4 rings (SSSR count). The summed E-state index contributed by atoms with van der Waals surface area (Å²) in [5.41, 5.74) is 5.11. The Morgan fingerprint density at radius 3 is 2.34 bits per heavy atom. The summed E-state index contributed by atoms with van der Waals surface area (Å²) in [7, 11) is 0. The minimum Gasteiger partial charge on any atom is -0.486 e. The third kappa shape index (κ3) is 7.48. The standard InChI is InChI=1S/C25H21Cl3N2O3S2/c26-20-4-2-1-3-18(20)14-33-24-21(27)11-16(12-22(24)28)13-29-30-23(31)15-32-19-7-5-17(6-8-19)25-34-9-10-35-25/h1-8,11-13,25H,9-10,14-15H2,(H,30,31)/b29-13-. The molecule has 0 radical (unpaired) electrons. The van der Waals surface area contributed by atoms with Gasteiger partial charge in [-0.3, -0.25) is 4.79 Å². The van der Waals surface area contributed by atoms with E-state index >= 15 is 0 Å². The highest BCUT2D eigenvalue weighted by Gasteiger charge is 2.18. The van der Waals surface area contributed by atoms with Gasteiger partial charge in [-0.2, -0.15) is 5.10 Å². The number of halogens is 3. The topological polar surface area (TPSA) is 59.9 Å². The number of thioether (sulfide) groups is 2. The maximum Gasteiger partial charge on any atom is 0.277 e. The molecule has 0 atom stereocenters. The molecular weight excluding hydrogens is 547 g/mol. The summed E-state index contributed by atoms with van der Waals surface area (Å²) in [5.74, 6) is 2.94. The van der Waals surface area contributed by atoms with Crippen molar-refractivity contribution in [3.05, 3.63) is 92.4 Å². The molecule has 0 spiro atoms. The number of nitrogens with zero attached hydrogens (tertiary/aromatic N) is 1. The van der Waals surface area contributed by atoms with Gasteiger partial charge in [-0.1, -0.05) is 65.1 Å². The van der Waals surface area contributed by atoms with Crippen LogP contribution in [0.4, 0.5) is 0 Å². The summed E-state index contributed by atoms with van der Waals surface area (Å²) in [6.07, 6.45) is 1.44. The van der Waals surface area contributed by atoms with Crippen molar-refractivity contribution in [2.45, 2.75) is 11.2 Å². The predicted molar refractivity (Wildman–Crippen MR) is 148 cm³/mol. The minimum atomic E-state index is -0.385. The molecule has 1 amide bonds. The predicted octanol–water partition coefficient (Wildman–Crippen LogP) is 7.23. The maximum atomic E-state index is 12.1. The van der Waals surface area contributed by atoms with Crippen molar-refractivity contribution in [1.29, 1.82) is 0 Å². The lowest BCUT2D eigenvalue weighted by atomic mass is 10.2. The van der Waals surface area contributed by atoms with Crippen LogP contribution >= 0.6 is 58.3 Å². The highest BCUT2D eigenvalue weighted by molar-refractivity contribution is 8.19. The van der Waals surface area contributed by atoms with E-state index in [1.165, 1.54) is 23.3 Å². The molecule has 3 aromatic carbocycles. The fraction of sp³-hybridized carbons (Fsp3) is 0.200. The van der Waals surface area contributed by atoms with Crippen LogP contribution in [0.5, 0.6) is 11.5 Å². The Kier molecular flexibility index (Phi) is 9.52. The molecule has 10 heteroatoms. The molecule has 1 aliphatic heterocycles. The van der Waals surface area contributed by atoms with Crippen LogP contribution in [0.2, 0.25) is 15.1 Å². The lowest BCUT2D eigenvalue weighted by Crippen LogP contribution is -2.24. The van der Waals surface area contributed by atoms with Crippen molar-refractivity contribution in [2.24, 2.45) is 5.10 Å². The van der Waals surface area contributed by atoms with Crippen LogP contribution < -0.4 is 14.9 Å². The van der Waals surface area contributed by atoms with Crippen molar-refractivity contribution in [3.8, 4) is 11.5 Å². The van der Waals surface area contributed by atoms with Gasteiger partial charge in [0.05, 0.1) is 20.8 Å². The van der Waals surface area contributed by atoms with Gasteiger partial charge in [0.25, 0.3) is 5.91 Å². The number of hydrazone groups is 1. The Bertz CT molecular complexity index is 1180. The van der Waals surface area contributed by atoms with Crippen LogP contribution in [0.1, 0.15) is 21.3 Å². The molecule has 1 fully saturated rings. The smallest absolute Gasteiger partial charge is 0.277 e. The number of ether oxygens (including phenoxy) is 2. The molecule has 1 heterocycles. The number of hydrogen-bond donors (Lipinski definition) is 1. The zero-order chi connectivity index (χ0) is 24.6. The summed E-state index contributed by atoms with van der Waals surface area (Å²) < 4.78 is 11.8. The van der Waals surface area contributed by atoms with E-state index in [0.29, 0.717) is 36.7 Å².